The van der Waals surface area contributed by atoms with Crippen LogP contribution < -0.4 is 10.2 Å². The molecule has 3 aromatic rings. The van der Waals surface area contributed by atoms with Gasteiger partial charge in [0.15, 0.2) is 11.6 Å². The number of anilines is 3. The van der Waals surface area contributed by atoms with Gasteiger partial charge in [0.05, 0.1) is 24.9 Å². The molecule has 0 bridgehead atoms. The molecule has 0 aliphatic carbocycles. The number of piperidine rings is 1. The first-order valence-corrected chi connectivity index (χ1v) is 11.4. The fourth-order valence-corrected chi connectivity index (χ4v) is 4.84. The number of aliphatic hydroxyl groups is 1. The van der Waals surface area contributed by atoms with Gasteiger partial charge in [-0.1, -0.05) is 0 Å². The maximum absolute atomic E-state index is 12.9. The summed E-state index contributed by atoms with van der Waals surface area (Å²) < 4.78 is 45.2. The van der Waals surface area contributed by atoms with Gasteiger partial charge in [0, 0.05) is 37.0 Å². The summed E-state index contributed by atoms with van der Waals surface area (Å²) in [4.78, 5) is 11.2. The van der Waals surface area contributed by atoms with E-state index in [1.54, 1.807) is 18.2 Å². The van der Waals surface area contributed by atoms with E-state index in [-0.39, 0.29) is 23.5 Å². The minimum Gasteiger partial charge on any atom is -0.390 e. The predicted molar refractivity (Wildman–Crippen MR) is 124 cm³/mol. The van der Waals surface area contributed by atoms with E-state index in [9.17, 15) is 18.3 Å². The molecule has 2 aliphatic rings. The maximum Gasteiger partial charge on any atom is 0.408 e. The molecule has 0 amide bonds. The second kappa shape index (κ2) is 9.08. The molecule has 4 heterocycles. The first-order chi connectivity index (χ1) is 16.8. The van der Waals surface area contributed by atoms with Crippen LogP contribution in [0.2, 0.25) is 0 Å². The zero-order chi connectivity index (χ0) is 24.6. The lowest BCUT2D eigenvalue weighted by Crippen LogP contribution is -2.41. The molecule has 0 unspecified atom stereocenters. The van der Waals surface area contributed by atoms with Gasteiger partial charge in [-0.25, -0.2) is 9.97 Å². The van der Waals surface area contributed by atoms with Crippen LogP contribution in [-0.2, 0) is 17.9 Å². The monoisotopic (exact) mass is 489 g/mol. The topological polar surface area (TPSA) is 112 Å². The largest absolute Gasteiger partial charge is 0.408 e. The molecule has 2 aliphatic heterocycles. The average molecular weight is 490 g/mol. The fraction of sp³-hybridized carbons (Fsp3) is 0.478. The number of nitrogens with one attached hydrogen (secondary N) is 2. The number of hydrogen-bond acceptors (Lipinski definition) is 8. The Morgan fingerprint density at radius 2 is 2.00 bits per heavy atom. The molecule has 186 valence electrons. The molecule has 2 fully saturated rings. The summed E-state index contributed by atoms with van der Waals surface area (Å²) in [6.07, 6.45) is 1.04. The number of halogens is 3. The first kappa shape index (κ1) is 23.5. The molecule has 35 heavy (non-hydrogen) atoms. The number of rotatable bonds is 6. The average Bonchev–Trinajstić information content (AvgIpc) is 3.45. The highest BCUT2D eigenvalue weighted by molar-refractivity contribution is 5.87. The van der Waals surface area contributed by atoms with E-state index in [0.29, 0.717) is 28.1 Å². The summed E-state index contributed by atoms with van der Waals surface area (Å²) in [5, 5.41) is 25.3. The molecule has 0 atom stereocenters. The Morgan fingerprint density at radius 1 is 1.20 bits per heavy atom. The Labute approximate surface area is 199 Å². The molecule has 1 spiro atoms. The molecule has 3 N–H and O–H groups in total. The third-order valence-electron chi connectivity index (χ3n) is 6.81. The maximum atomic E-state index is 12.9. The van der Waals surface area contributed by atoms with E-state index in [0.717, 1.165) is 56.5 Å². The summed E-state index contributed by atoms with van der Waals surface area (Å²) >= 11 is 0. The van der Waals surface area contributed by atoms with Crippen LogP contribution in [0, 0.1) is 10.8 Å². The number of benzene rings is 1. The van der Waals surface area contributed by atoms with Gasteiger partial charge in [-0.05, 0) is 42.9 Å². The van der Waals surface area contributed by atoms with Crippen molar-refractivity contribution in [3.63, 3.8) is 0 Å². The van der Waals surface area contributed by atoms with Crippen LogP contribution in [0.5, 0.6) is 0 Å². The molecular formula is C23H26F3N7O2. The molecule has 1 aromatic carbocycles. The third-order valence-corrected chi connectivity index (χ3v) is 6.81. The molecule has 12 heteroatoms. The Morgan fingerprint density at radius 3 is 2.66 bits per heavy atom. The van der Waals surface area contributed by atoms with E-state index in [4.69, 9.17) is 10.1 Å². The van der Waals surface area contributed by atoms with Crippen molar-refractivity contribution >= 4 is 34.4 Å². The number of ether oxygens (including phenoxy) is 1. The molecule has 2 aromatic heterocycles. The van der Waals surface area contributed by atoms with Crippen LogP contribution in [0.3, 0.4) is 0 Å². The van der Waals surface area contributed by atoms with Gasteiger partial charge in [-0.3, -0.25) is 4.68 Å². The van der Waals surface area contributed by atoms with Crippen molar-refractivity contribution < 1.29 is 23.0 Å². The SMILES string of the molecule is N=Cc1nc(N2CCC3(CCOC3)CC2)c(CO)nc1Nc1ccc2cnn(CC(F)(F)F)c2c1. The standard InChI is InChI=1S/C23H26F3N7O2/c24-23(25,26)13-33-19-9-16(2-1-15(19)11-28-33)29-20-17(10-27)31-21(18(12-34)30-20)32-6-3-22(4-7-32)5-8-35-14-22/h1-2,9-11,27,34H,3-8,12-14H2,(H,29,30). The number of fused-ring (bicyclic) bond motifs is 1. The summed E-state index contributed by atoms with van der Waals surface area (Å²) in [6.45, 7) is 1.56. The summed E-state index contributed by atoms with van der Waals surface area (Å²) in [5.74, 6) is 0.788. The van der Waals surface area contributed by atoms with Crippen molar-refractivity contribution in [3.05, 3.63) is 35.8 Å². The molecule has 5 rings (SSSR count). The quantitative estimate of drug-likeness (QED) is 0.454. The molecule has 0 radical (unpaired) electrons. The lowest BCUT2D eigenvalue weighted by atomic mass is 9.78. The lowest BCUT2D eigenvalue weighted by molar-refractivity contribution is -0.141. The minimum atomic E-state index is -4.40. The van der Waals surface area contributed by atoms with Crippen molar-refractivity contribution in [1.29, 1.82) is 5.41 Å². The normalized spacial score (nSPS) is 17.9. The second-order valence-electron chi connectivity index (χ2n) is 9.14. The van der Waals surface area contributed by atoms with Crippen LogP contribution in [0.25, 0.3) is 10.9 Å². The van der Waals surface area contributed by atoms with Gasteiger partial charge < -0.3 is 25.5 Å². The van der Waals surface area contributed by atoms with Crippen molar-refractivity contribution in [1.82, 2.24) is 19.7 Å². The molecule has 0 saturated carbocycles. The number of aliphatic hydroxyl groups excluding tert-OH is 1. The van der Waals surface area contributed by atoms with Crippen LogP contribution in [0.1, 0.15) is 30.7 Å². The van der Waals surface area contributed by atoms with Gasteiger partial charge in [0.2, 0.25) is 0 Å². The van der Waals surface area contributed by atoms with E-state index < -0.39 is 12.7 Å². The van der Waals surface area contributed by atoms with Gasteiger partial charge in [-0.15, -0.1) is 0 Å². The highest BCUT2D eigenvalue weighted by Gasteiger charge is 2.38. The number of nitrogens with zero attached hydrogens (tertiary/aromatic N) is 5. The van der Waals surface area contributed by atoms with E-state index >= 15 is 0 Å². The van der Waals surface area contributed by atoms with Crippen LogP contribution in [-0.4, -0.2) is 63.5 Å². The number of hydrogen-bond donors (Lipinski definition) is 3. The van der Waals surface area contributed by atoms with E-state index in [1.807, 2.05) is 0 Å². The van der Waals surface area contributed by atoms with E-state index in [2.05, 4.69) is 25.3 Å². The first-order valence-electron chi connectivity index (χ1n) is 11.4. The van der Waals surface area contributed by atoms with Crippen molar-refractivity contribution in [3.8, 4) is 0 Å². The Balaban J connectivity index is 1.41. The summed E-state index contributed by atoms with van der Waals surface area (Å²) in [6, 6.07) is 4.90. The minimum absolute atomic E-state index is 0.215. The van der Waals surface area contributed by atoms with Gasteiger partial charge >= 0.3 is 6.18 Å². The van der Waals surface area contributed by atoms with Crippen LogP contribution in [0.4, 0.5) is 30.5 Å². The highest BCUT2D eigenvalue weighted by Crippen LogP contribution is 2.40. The fourth-order valence-electron chi connectivity index (χ4n) is 4.84. The van der Waals surface area contributed by atoms with Gasteiger partial charge in [0.25, 0.3) is 0 Å². The zero-order valence-electron chi connectivity index (χ0n) is 19.0. The Bertz CT molecular complexity index is 1230. The van der Waals surface area contributed by atoms with Gasteiger partial charge in [0.1, 0.15) is 17.9 Å². The zero-order valence-corrected chi connectivity index (χ0v) is 19.0. The van der Waals surface area contributed by atoms with E-state index in [1.165, 1.54) is 6.20 Å². The second-order valence-corrected chi connectivity index (χ2v) is 9.14. The molecule has 2 saturated heterocycles. The van der Waals surface area contributed by atoms with Crippen LogP contribution in [0.15, 0.2) is 24.4 Å². The molecule has 9 nitrogen and oxygen atoms in total. The lowest BCUT2D eigenvalue weighted by Gasteiger charge is -2.39. The van der Waals surface area contributed by atoms with Crippen LogP contribution >= 0.6 is 0 Å². The summed E-state index contributed by atoms with van der Waals surface area (Å²) in [7, 11) is 0. The predicted octanol–water partition coefficient (Wildman–Crippen LogP) is 3.63. The van der Waals surface area contributed by atoms with Crippen molar-refractivity contribution in [2.24, 2.45) is 5.41 Å². The molecular weight excluding hydrogens is 463 g/mol. The smallest absolute Gasteiger partial charge is 0.390 e. The highest BCUT2D eigenvalue weighted by atomic mass is 19.4. The third kappa shape index (κ3) is 4.80. The number of alkyl halides is 3. The van der Waals surface area contributed by atoms with Crippen molar-refractivity contribution in [2.45, 2.75) is 38.6 Å². The summed E-state index contributed by atoms with van der Waals surface area (Å²) in [5.41, 5.74) is 1.64. The van der Waals surface area contributed by atoms with Crippen molar-refractivity contribution in [2.75, 3.05) is 36.5 Å². The Kier molecular flexibility index (Phi) is 6.09. The number of aromatic nitrogens is 4. The van der Waals surface area contributed by atoms with Gasteiger partial charge in [-0.2, -0.15) is 18.3 Å². The Hall–Kier alpha value is -3.25.